The molecule has 0 aromatic heterocycles. The summed E-state index contributed by atoms with van der Waals surface area (Å²) in [5, 5.41) is 23.4. The molecule has 7 heteroatoms. The third kappa shape index (κ3) is 3.29. The normalized spacial score (nSPS) is 10.9. The maximum Gasteiger partial charge on any atom is 0.147 e. The fourth-order valence-corrected chi connectivity index (χ4v) is 2.57. The molecule has 0 amide bonds. The van der Waals surface area contributed by atoms with Crippen molar-refractivity contribution in [3.8, 4) is 11.5 Å². The number of benzene rings is 2. The molecular formula is C13H9Br2FN2O2. The molecule has 0 unspecified atom stereocenters. The SMILES string of the molecule is Oc1c(Br)cc(/C=N/Nc2ccc(F)cc2)c(O)c1Br. The maximum atomic E-state index is 12.7. The fraction of sp³-hybridized carbons (Fsp3) is 0. The van der Waals surface area contributed by atoms with Crippen molar-refractivity contribution in [2.75, 3.05) is 5.43 Å². The Hall–Kier alpha value is -1.60. The van der Waals surface area contributed by atoms with Gasteiger partial charge in [0.1, 0.15) is 21.8 Å². The van der Waals surface area contributed by atoms with Crippen molar-refractivity contribution in [3.05, 3.63) is 50.7 Å². The summed E-state index contributed by atoms with van der Waals surface area (Å²) in [6.07, 6.45) is 1.38. The van der Waals surface area contributed by atoms with Crippen molar-refractivity contribution in [1.82, 2.24) is 0 Å². The Morgan fingerprint density at radius 1 is 1.10 bits per heavy atom. The van der Waals surface area contributed by atoms with Crippen LogP contribution in [0.15, 0.2) is 44.4 Å². The molecule has 0 aliphatic heterocycles. The summed E-state index contributed by atoms with van der Waals surface area (Å²) in [6.45, 7) is 0. The molecule has 3 N–H and O–H groups in total. The van der Waals surface area contributed by atoms with Gasteiger partial charge in [-0.25, -0.2) is 4.39 Å². The van der Waals surface area contributed by atoms with E-state index in [9.17, 15) is 14.6 Å². The van der Waals surface area contributed by atoms with Crippen LogP contribution in [0.1, 0.15) is 5.56 Å². The number of phenolic OH excluding ortho intramolecular Hbond substituents is 2. The first kappa shape index (κ1) is 14.8. The summed E-state index contributed by atoms with van der Waals surface area (Å²) in [4.78, 5) is 0. The van der Waals surface area contributed by atoms with E-state index < -0.39 is 0 Å². The second kappa shape index (κ2) is 6.23. The molecule has 0 bridgehead atoms. The minimum absolute atomic E-state index is 0.0915. The lowest BCUT2D eigenvalue weighted by Crippen LogP contribution is -1.92. The topological polar surface area (TPSA) is 64.9 Å². The highest BCUT2D eigenvalue weighted by Gasteiger charge is 2.12. The molecule has 0 atom stereocenters. The van der Waals surface area contributed by atoms with Gasteiger partial charge in [-0.3, -0.25) is 5.43 Å². The fourth-order valence-electron chi connectivity index (χ4n) is 1.42. The van der Waals surface area contributed by atoms with Gasteiger partial charge in [0.2, 0.25) is 0 Å². The highest BCUT2D eigenvalue weighted by atomic mass is 79.9. The molecule has 0 radical (unpaired) electrons. The molecule has 2 aromatic carbocycles. The van der Waals surface area contributed by atoms with E-state index in [1.54, 1.807) is 0 Å². The number of aromatic hydroxyl groups is 2. The molecule has 2 aromatic rings. The van der Waals surface area contributed by atoms with E-state index in [1.807, 2.05) is 0 Å². The van der Waals surface area contributed by atoms with Gasteiger partial charge in [-0.1, -0.05) is 0 Å². The zero-order valence-electron chi connectivity index (χ0n) is 9.94. The monoisotopic (exact) mass is 402 g/mol. The molecule has 0 aliphatic rings. The number of anilines is 1. The van der Waals surface area contributed by atoms with Gasteiger partial charge >= 0.3 is 0 Å². The Labute approximate surface area is 131 Å². The average Bonchev–Trinajstić information content (AvgIpc) is 2.44. The second-order valence-corrected chi connectivity index (χ2v) is 5.48. The van der Waals surface area contributed by atoms with Crippen molar-refractivity contribution >= 4 is 43.8 Å². The standard InChI is InChI=1S/C13H9Br2FN2O2/c14-10-5-7(12(19)11(15)13(10)20)6-17-18-9-3-1-8(16)2-4-9/h1-6,18-20H/b17-6+. The van der Waals surface area contributed by atoms with Crippen LogP contribution < -0.4 is 5.43 Å². The lowest BCUT2D eigenvalue weighted by atomic mass is 10.2. The quantitative estimate of drug-likeness (QED) is 0.531. The molecule has 4 nitrogen and oxygen atoms in total. The molecule has 0 aliphatic carbocycles. The highest BCUT2D eigenvalue weighted by Crippen LogP contribution is 2.40. The molecule has 0 heterocycles. The van der Waals surface area contributed by atoms with Crippen molar-refractivity contribution in [2.24, 2.45) is 5.10 Å². The van der Waals surface area contributed by atoms with Gasteiger partial charge < -0.3 is 10.2 Å². The maximum absolute atomic E-state index is 12.7. The van der Waals surface area contributed by atoms with E-state index in [2.05, 4.69) is 42.4 Å². The first-order chi connectivity index (χ1) is 9.49. The van der Waals surface area contributed by atoms with Gasteiger partial charge in [0.15, 0.2) is 0 Å². The van der Waals surface area contributed by atoms with Gasteiger partial charge in [-0.2, -0.15) is 5.10 Å². The first-order valence-electron chi connectivity index (χ1n) is 5.43. The van der Waals surface area contributed by atoms with Crippen LogP contribution in [0.25, 0.3) is 0 Å². The van der Waals surface area contributed by atoms with Gasteiger partial charge in [0.05, 0.1) is 16.4 Å². The second-order valence-electron chi connectivity index (χ2n) is 3.84. The van der Waals surface area contributed by atoms with E-state index >= 15 is 0 Å². The molecular weight excluding hydrogens is 395 g/mol. The number of hydrazone groups is 1. The van der Waals surface area contributed by atoms with Crippen molar-refractivity contribution in [3.63, 3.8) is 0 Å². The van der Waals surface area contributed by atoms with E-state index in [1.165, 1.54) is 36.5 Å². The Balaban J connectivity index is 2.18. The first-order valence-corrected chi connectivity index (χ1v) is 7.02. The summed E-state index contributed by atoms with van der Waals surface area (Å²) < 4.78 is 13.3. The predicted octanol–water partition coefficient (Wildman–Crippen LogP) is 4.21. The van der Waals surface area contributed by atoms with E-state index in [0.29, 0.717) is 15.7 Å². The van der Waals surface area contributed by atoms with Crippen LogP contribution in [0, 0.1) is 5.82 Å². The lowest BCUT2D eigenvalue weighted by Gasteiger charge is -2.06. The molecule has 0 saturated carbocycles. The Kier molecular flexibility index (Phi) is 4.61. The van der Waals surface area contributed by atoms with Crippen LogP contribution in [-0.2, 0) is 0 Å². The van der Waals surface area contributed by atoms with Crippen molar-refractivity contribution in [1.29, 1.82) is 0 Å². The third-order valence-electron chi connectivity index (χ3n) is 2.44. The van der Waals surface area contributed by atoms with Crippen LogP contribution in [0.2, 0.25) is 0 Å². The number of hydrogen-bond donors (Lipinski definition) is 3. The van der Waals surface area contributed by atoms with Crippen molar-refractivity contribution in [2.45, 2.75) is 0 Å². The van der Waals surface area contributed by atoms with E-state index in [-0.39, 0.29) is 21.8 Å². The van der Waals surface area contributed by atoms with Crippen molar-refractivity contribution < 1.29 is 14.6 Å². The summed E-state index contributed by atoms with van der Waals surface area (Å²) in [6, 6.07) is 7.21. The third-order valence-corrected chi connectivity index (χ3v) is 3.79. The van der Waals surface area contributed by atoms with Gasteiger partial charge in [-0.15, -0.1) is 0 Å². The van der Waals surface area contributed by atoms with Crippen LogP contribution >= 0.6 is 31.9 Å². The molecule has 2 rings (SSSR count). The van der Waals surface area contributed by atoms with Crippen LogP contribution in [0.5, 0.6) is 11.5 Å². The Bertz CT molecular complexity index is 660. The summed E-state index contributed by atoms with van der Waals surface area (Å²) in [5.41, 5.74) is 3.71. The smallest absolute Gasteiger partial charge is 0.147 e. The molecule has 0 spiro atoms. The highest BCUT2D eigenvalue weighted by molar-refractivity contribution is 9.11. The Morgan fingerprint density at radius 2 is 1.75 bits per heavy atom. The number of phenols is 2. The number of halogens is 3. The van der Waals surface area contributed by atoms with Crippen LogP contribution in [0.4, 0.5) is 10.1 Å². The number of hydrogen-bond acceptors (Lipinski definition) is 4. The molecule has 0 saturated heterocycles. The summed E-state index contributed by atoms with van der Waals surface area (Å²) in [5.74, 6) is -0.551. The van der Waals surface area contributed by atoms with E-state index in [0.717, 1.165) is 0 Å². The zero-order valence-corrected chi connectivity index (χ0v) is 13.1. The van der Waals surface area contributed by atoms with Crippen LogP contribution in [0.3, 0.4) is 0 Å². The van der Waals surface area contributed by atoms with Gasteiger partial charge in [0, 0.05) is 5.56 Å². The zero-order chi connectivity index (χ0) is 14.7. The molecule has 0 fully saturated rings. The Morgan fingerprint density at radius 3 is 2.40 bits per heavy atom. The van der Waals surface area contributed by atoms with E-state index in [4.69, 9.17) is 0 Å². The van der Waals surface area contributed by atoms with Crippen LogP contribution in [-0.4, -0.2) is 16.4 Å². The minimum Gasteiger partial charge on any atom is -0.506 e. The molecule has 20 heavy (non-hydrogen) atoms. The summed E-state index contributed by atoms with van der Waals surface area (Å²) >= 11 is 6.23. The largest absolute Gasteiger partial charge is 0.506 e. The minimum atomic E-state index is -0.330. The summed E-state index contributed by atoms with van der Waals surface area (Å²) in [7, 11) is 0. The number of nitrogens with one attached hydrogen (secondary N) is 1. The number of rotatable bonds is 3. The molecule has 104 valence electrons. The number of nitrogens with zero attached hydrogens (tertiary/aromatic N) is 1. The average molecular weight is 404 g/mol. The van der Waals surface area contributed by atoms with Gasteiger partial charge in [0.25, 0.3) is 0 Å². The lowest BCUT2D eigenvalue weighted by molar-refractivity contribution is 0.442. The predicted molar refractivity (Wildman–Crippen MR) is 82.8 cm³/mol. The van der Waals surface area contributed by atoms with Gasteiger partial charge in [-0.05, 0) is 62.2 Å².